The minimum atomic E-state index is 0.945. The zero-order chi connectivity index (χ0) is 11.7. The molecular weight excluding hydrogens is 206 g/mol. The van der Waals surface area contributed by atoms with Crippen molar-refractivity contribution in [1.82, 2.24) is 4.57 Å². The van der Waals surface area contributed by atoms with Crippen molar-refractivity contribution in [3.05, 3.63) is 71.9 Å². The van der Waals surface area contributed by atoms with E-state index in [4.69, 9.17) is 0 Å². The highest BCUT2D eigenvalue weighted by Gasteiger charge is 2.04. The van der Waals surface area contributed by atoms with E-state index < -0.39 is 0 Å². The number of aromatic nitrogens is 1. The summed E-state index contributed by atoms with van der Waals surface area (Å²) >= 11 is 0. The topological polar surface area (TPSA) is 4.93 Å². The summed E-state index contributed by atoms with van der Waals surface area (Å²) in [6.07, 6.45) is 0. The second-order valence-corrected chi connectivity index (χ2v) is 4.42. The van der Waals surface area contributed by atoms with Crippen LogP contribution in [0.3, 0.4) is 0 Å². The van der Waals surface area contributed by atoms with Crippen LogP contribution in [0.5, 0.6) is 0 Å². The smallest absolute Gasteiger partial charge is 0.0485 e. The molecule has 0 N–H and O–H groups in total. The van der Waals surface area contributed by atoms with E-state index in [1.165, 1.54) is 22.2 Å². The summed E-state index contributed by atoms with van der Waals surface area (Å²) in [6, 6.07) is 21.4. The van der Waals surface area contributed by atoms with E-state index in [1.807, 2.05) is 0 Å². The van der Waals surface area contributed by atoms with Gasteiger partial charge in [-0.3, -0.25) is 0 Å². The molecule has 0 saturated carbocycles. The van der Waals surface area contributed by atoms with E-state index in [-0.39, 0.29) is 0 Å². The largest absolute Gasteiger partial charge is 0.340 e. The first-order valence-electron chi connectivity index (χ1n) is 5.93. The Morgan fingerprint density at radius 2 is 1.59 bits per heavy atom. The summed E-state index contributed by atoms with van der Waals surface area (Å²) in [7, 11) is 0. The Hall–Kier alpha value is -2.02. The summed E-state index contributed by atoms with van der Waals surface area (Å²) in [5.41, 5.74) is 3.97. The van der Waals surface area contributed by atoms with E-state index in [0.29, 0.717) is 0 Å². The Balaban J connectivity index is 2.08. The lowest BCUT2D eigenvalue weighted by molar-refractivity contribution is 0.805. The lowest BCUT2D eigenvalue weighted by Crippen LogP contribution is -2.00. The molecule has 1 aromatic heterocycles. The number of aryl methyl sites for hydroxylation is 1. The molecule has 0 radical (unpaired) electrons. The van der Waals surface area contributed by atoms with Gasteiger partial charge in [0.05, 0.1) is 0 Å². The van der Waals surface area contributed by atoms with Gasteiger partial charge in [0, 0.05) is 17.8 Å². The molecule has 0 saturated heterocycles. The van der Waals surface area contributed by atoms with Crippen LogP contribution < -0.4 is 0 Å². The fourth-order valence-electron chi connectivity index (χ4n) is 2.32. The molecule has 2 aromatic carbocycles. The van der Waals surface area contributed by atoms with Crippen LogP contribution in [0.25, 0.3) is 10.9 Å². The second kappa shape index (κ2) is 4.10. The molecule has 1 heterocycles. The Kier molecular flexibility index (Phi) is 2.45. The molecule has 84 valence electrons. The quantitative estimate of drug-likeness (QED) is 0.616. The van der Waals surface area contributed by atoms with Crippen molar-refractivity contribution >= 4 is 10.9 Å². The lowest BCUT2D eigenvalue weighted by atomic mass is 10.2. The molecule has 0 aliphatic rings. The van der Waals surface area contributed by atoms with E-state index in [1.54, 1.807) is 0 Å². The first-order chi connectivity index (χ1) is 8.34. The van der Waals surface area contributed by atoms with Gasteiger partial charge < -0.3 is 4.57 Å². The van der Waals surface area contributed by atoms with Crippen molar-refractivity contribution in [3.63, 3.8) is 0 Å². The van der Waals surface area contributed by atoms with Crippen LogP contribution in [-0.4, -0.2) is 4.57 Å². The van der Waals surface area contributed by atoms with Gasteiger partial charge >= 0.3 is 0 Å². The number of fused-ring (bicyclic) bond motifs is 1. The Morgan fingerprint density at radius 1 is 0.882 bits per heavy atom. The summed E-state index contributed by atoms with van der Waals surface area (Å²) in [4.78, 5) is 0. The van der Waals surface area contributed by atoms with Crippen LogP contribution in [-0.2, 0) is 6.54 Å². The first kappa shape index (κ1) is 10.2. The van der Waals surface area contributed by atoms with Gasteiger partial charge in [0.25, 0.3) is 0 Å². The van der Waals surface area contributed by atoms with Gasteiger partial charge in [-0.15, -0.1) is 0 Å². The van der Waals surface area contributed by atoms with E-state index >= 15 is 0 Å². The number of hydrogen-bond acceptors (Lipinski definition) is 0. The highest BCUT2D eigenvalue weighted by molar-refractivity contribution is 5.81. The molecule has 3 aromatic rings. The number of para-hydroxylation sites is 1. The minimum absolute atomic E-state index is 0.945. The molecule has 0 aliphatic carbocycles. The Morgan fingerprint density at radius 3 is 2.41 bits per heavy atom. The predicted molar refractivity (Wildman–Crippen MR) is 72.2 cm³/mol. The number of rotatable bonds is 2. The normalized spacial score (nSPS) is 10.9. The van der Waals surface area contributed by atoms with Gasteiger partial charge in [0.2, 0.25) is 0 Å². The molecule has 0 unspecified atom stereocenters. The molecule has 17 heavy (non-hydrogen) atoms. The molecule has 1 nitrogen and oxygen atoms in total. The third-order valence-electron chi connectivity index (χ3n) is 3.20. The van der Waals surface area contributed by atoms with Crippen molar-refractivity contribution in [2.24, 2.45) is 0 Å². The summed E-state index contributed by atoms with van der Waals surface area (Å²) in [5.74, 6) is 0. The van der Waals surface area contributed by atoms with Crippen molar-refractivity contribution in [2.45, 2.75) is 13.5 Å². The molecule has 0 aliphatic heterocycles. The van der Waals surface area contributed by atoms with Crippen LogP contribution in [0.2, 0.25) is 0 Å². The number of nitrogens with zero attached hydrogens (tertiary/aromatic N) is 1. The van der Waals surface area contributed by atoms with Crippen molar-refractivity contribution in [2.75, 3.05) is 0 Å². The molecule has 0 spiro atoms. The van der Waals surface area contributed by atoms with Gasteiger partial charge in [-0.05, 0) is 30.0 Å². The summed E-state index contributed by atoms with van der Waals surface area (Å²) in [6.45, 7) is 3.11. The average Bonchev–Trinajstić information content (AvgIpc) is 2.68. The van der Waals surface area contributed by atoms with Crippen LogP contribution in [0.15, 0.2) is 60.7 Å². The van der Waals surface area contributed by atoms with Gasteiger partial charge in [0.15, 0.2) is 0 Å². The molecule has 0 amide bonds. The van der Waals surface area contributed by atoms with Gasteiger partial charge in [-0.25, -0.2) is 0 Å². The van der Waals surface area contributed by atoms with E-state index in [9.17, 15) is 0 Å². The zero-order valence-electron chi connectivity index (χ0n) is 9.93. The monoisotopic (exact) mass is 221 g/mol. The first-order valence-corrected chi connectivity index (χ1v) is 5.93. The molecule has 1 heteroatoms. The van der Waals surface area contributed by atoms with Crippen LogP contribution in [0.4, 0.5) is 0 Å². The maximum atomic E-state index is 2.37. The zero-order valence-corrected chi connectivity index (χ0v) is 9.93. The second-order valence-electron chi connectivity index (χ2n) is 4.42. The van der Waals surface area contributed by atoms with E-state index in [2.05, 4.69) is 72.2 Å². The fourth-order valence-corrected chi connectivity index (χ4v) is 2.32. The molecule has 0 bridgehead atoms. The van der Waals surface area contributed by atoms with Gasteiger partial charge in [0.1, 0.15) is 0 Å². The maximum absolute atomic E-state index is 2.37. The fraction of sp³-hybridized carbons (Fsp3) is 0.125. The highest BCUT2D eigenvalue weighted by Crippen LogP contribution is 2.20. The summed E-state index contributed by atoms with van der Waals surface area (Å²) in [5, 5.41) is 1.32. The van der Waals surface area contributed by atoms with E-state index in [0.717, 1.165) is 6.54 Å². The van der Waals surface area contributed by atoms with Crippen molar-refractivity contribution < 1.29 is 0 Å². The number of hydrogen-bond donors (Lipinski definition) is 0. The average molecular weight is 221 g/mol. The third kappa shape index (κ3) is 1.84. The third-order valence-corrected chi connectivity index (χ3v) is 3.20. The van der Waals surface area contributed by atoms with Crippen LogP contribution in [0.1, 0.15) is 11.3 Å². The summed E-state index contributed by atoms with van der Waals surface area (Å²) < 4.78 is 2.37. The van der Waals surface area contributed by atoms with Crippen LogP contribution in [0, 0.1) is 6.92 Å². The lowest BCUT2D eigenvalue weighted by Gasteiger charge is -2.08. The Labute approximate surface area is 101 Å². The number of benzene rings is 2. The molecular formula is C16H15N. The highest BCUT2D eigenvalue weighted by atomic mass is 15.0. The predicted octanol–water partition coefficient (Wildman–Crippen LogP) is 4.00. The maximum Gasteiger partial charge on any atom is 0.0485 e. The molecule has 0 fully saturated rings. The van der Waals surface area contributed by atoms with Crippen molar-refractivity contribution in [3.8, 4) is 0 Å². The SMILES string of the molecule is Cc1cc2ccccc2n1Cc1ccccc1. The Bertz CT molecular complexity index is 635. The van der Waals surface area contributed by atoms with Gasteiger partial charge in [-0.1, -0.05) is 48.5 Å². The van der Waals surface area contributed by atoms with Crippen LogP contribution >= 0.6 is 0 Å². The standard InChI is InChI=1S/C16H15N/c1-13-11-15-9-5-6-10-16(15)17(13)12-14-7-3-2-4-8-14/h2-11H,12H2,1H3. The molecule has 3 rings (SSSR count). The molecule has 0 atom stereocenters. The minimum Gasteiger partial charge on any atom is -0.340 e. The van der Waals surface area contributed by atoms with Gasteiger partial charge in [-0.2, -0.15) is 0 Å². The van der Waals surface area contributed by atoms with Crippen molar-refractivity contribution in [1.29, 1.82) is 0 Å².